The molecule has 108 valence electrons. The van der Waals surface area contributed by atoms with Gasteiger partial charge < -0.3 is 5.73 Å². The summed E-state index contributed by atoms with van der Waals surface area (Å²) in [5, 5.41) is 4.15. The van der Waals surface area contributed by atoms with E-state index in [1.54, 1.807) is 20.0 Å². The molecule has 4 nitrogen and oxygen atoms in total. The fourth-order valence-electron chi connectivity index (χ4n) is 1.83. The van der Waals surface area contributed by atoms with E-state index in [9.17, 15) is 8.42 Å². The van der Waals surface area contributed by atoms with Gasteiger partial charge in [0.1, 0.15) is 0 Å². The number of nitrogens with two attached hydrogens (primary N) is 1. The Hall–Kier alpha value is -1.08. The molecule has 7 heteroatoms. The molecule has 1 aromatic carbocycles. The first kappa shape index (κ1) is 15.3. The zero-order valence-electron chi connectivity index (χ0n) is 11.1. The Kier molecular flexibility index (Phi) is 4.39. The van der Waals surface area contributed by atoms with Crippen LogP contribution in [0.5, 0.6) is 0 Å². The Morgan fingerprint density at radius 1 is 1.40 bits per heavy atom. The lowest BCUT2D eigenvalue weighted by Crippen LogP contribution is -2.27. The third kappa shape index (κ3) is 2.98. The molecule has 0 saturated carbocycles. The molecule has 0 saturated heterocycles. The topological polar surface area (TPSA) is 63.4 Å². The first-order valence-corrected chi connectivity index (χ1v) is 8.61. The number of halogens is 1. The van der Waals surface area contributed by atoms with Gasteiger partial charge >= 0.3 is 0 Å². The van der Waals surface area contributed by atoms with Crippen LogP contribution in [0.15, 0.2) is 33.9 Å². The van der Waals surface area contributed by atoms with E-state index in [2.05, 4.69) is 0 Å². The van der Waals surface area contributed by atoms with Crippen molar-refractivity contribution in [1.29, 1.82) is 0 Å². The maximum atomic E-state index is 12.6. The van der Waals surface area contributed by atoms with Crippen LogP contribution in [-0.2, 0) is 16.6 Å². The largest absolute Gasteiger partial charge is 0.398 e. The number of sulfonamides is 1. The molecule has 0 amide bonds. The summed E-state index contributed by atoms with van der Waals surface area (Å²) in [5.41, 5.74) is 7.64. The molecule has 0 fully saturated rings. The molecule has 0 unspecified atom stereocenters. The molecule has 1 heterocycles. The van der Waals surface area contributed by atoms with Crippen molar-refractivity contribution in [1.82, 2.24) is 4.31 Å². The first-order chi connectivity index (χ1) is 9.32. The Morgan fingerprint density at radius 3 is 2.70 bits per heavy atom. The second-order valence-electron chi connectivity index (χ2n) is 4.51. The highest BCUT2D eigenvalue weighted by Gasteiger charge is 2.24. The van der Waals surface area contributed by atoms with E-state index < -0.39 is 10.0 Å². The predicted molar refractivity (Wildman–Crippen MR) is 83.6 cm³/mol. The monoisotopic (exact) mass is 330 g/mol. The molecular formula is C13H15ClN2O2S2. The fourth-order valence-corrected chi connectivity index (χ4v) is 4.22. The average Bonchev–Trinajstić information content (AvgIpc) is 2.86. The van der Waals surface area contributed by atoms with Gasteiger partial charge in [-0.05, 0) is 47.0 Å². The Bertz CT molecular complexity index is 712. The van der Waals surface area contributed by atoms with Crippen molar-refractivity contribution in [2.75, 3.05) is 12.8 Å². The molecule has 0 bridgehead atoms. The summed E-state index contributed by atoms with van der Waals surface area (Å²) < 4.78 is 26.5. The number of nitrogen functional groups attached to an aromatic ring is 1. The number of anilines is 1. The number of thiophene rings is 1. The lowest BCUT2D eigenvalue weighted by Gasteiger charge is -2.19. The summed E-state index contributed by atoms with van der Waals surface area (Å²) in [6, 6.07) is 4.89. The van der Waals surface area contributed by atoms with E-state index in [0.29, 0.717) is 22.8 Å². The average molecular weight is 331 g/mol. The van der Waals surface area contributed by atoms with Crippen molar-refractivity contribution in [3.63, 3.8) is 0 Å². The van der Waals surface area contributed by atoms with Crippen LogP contribution >= 0.6 is 22.9 Å². The smallest absolute Gasteiger partial charge is 0.243 e. The minimum absolute atomic E-state index is 0.153. The van der Waals surface area contributed by atoms with Crippen molar-refractivity contribution in [2.24, 2.45) is 0 Å². The third-order valence-corrected chi connectivity index (χ3v) is 5.92. The van der Waals surface area contributed by atoms with Gasteiger partial charge in [-0.1, -0.05) is 11.6 Å². The van der Waals surface area contributed by atoms with Crippen molar-refractivity contribution in [3.8, 4) is 0 Å². The van der Waals surface area contributed by atoms with Crippen LogP contribution in [0.4, 0.5) is 5.69 Å². The van der Waals surface area contributed by atoms with Crippen molar-refractivity contribution in [3.05, 3.63) is 45.1 Å². The van der Waals surface area contributed by atoms with Gasteiger partial charge in [0, 0.05) is 24.3 Å². The summed E-state index contributed by atoms with van der Waals surface area (Å²) in [4.78, 5) is 0.153. The first-order valence-electron chi connectivity index (χ1n) is 5.85. The minimum atomic E-state index is -3.62. The molecule has 0 spiro atoms. The van der Waals surface area contributed by atoms with Gasteiger partial charge in [-0.3, -0.25) is 0 Å². The van der Waals surface area contributed by atoms with E-state index in [4.69, 9.17) is 17.3 Å². The second-order valence-corrected chi connectivity index (χ2v) is 7.74. The van der Waals surface area contributed by atoms with Gasteiger partial charge in [0.05, 0.1) is 4.90 Å². The van der Waals surface area contributed by atoms with Crippen LogP contribution in [0.2, 0.25) is 5.02 Å². The zero-order valence-corrected chi connectivity index (χ0v) is 13.5. The fraction of sp³-hybridized carbons (Fsp3) is 0.231. The van der Waals surface area contributed by atoms with Crippen LogP contribution in [0.3, 0.4) is 0 Å². The summed E-state index contributed by atoms with van der Waals surface area (Å²) in [5.74, 6) is 0. The molecule has 2 aromatic rings. The SMILES string of the molecule is Cc1c(N)cc(Cl)cc1S(=O)(=O)N(C)Cc1ccsc1. The summed E-state index contributed by atoms with van der Waals surface area (Å²) >= 11 is 7.45. The van der Waals surface area contributed by atoms with E-state index in [0.717, 1.165) is 5.56 Å². The van der Waals surface area contributed by atoms with Gasteiger partial charge in [0.25, 0.3) is 0 Å². The summed E-state index contributed by atoms with van der Waals surface area (Å²) in [6.45, 7) is 1.99. The van der Waals surface area contributed by atoms with Crippen LogP contribution in [-0.4, -0.2) is 19.8 Å². The molecule has 2 rings (SSSR count). The van der Waals surface area contributed by atoms with Gasteiger partial charge in [0.2, 0.25) is 10.0 Å². The van der Waals surface area contributed by atoms with Crippen molar-refractivity contribution >= 4 is 38.6 Å². The molecule has 0 atom stereocenters. The quantitative estimate of drug-likeness (QED) is 0.876. The van der Waals surface area contributed by atoms with Crippen molar-refractivity contribution in [2.45, 2.75) is 18.4 Å². The molecule has 0 aliphatic heterocycles. The van der Waals surface area contributed by atoms with Crippen LogP contribution in [0.25, 0.3) is 0 Å². The van der Waals surface area contributed by atoms with Crippen LogP contribution < -0.4 is 5.73 Å². The van der Waals surface area contributed by atoms with Gasteiger partial charge in [-0.2, -0.15) is 15.6 Å². The van der Waals surface area contributed by atoms with E-state index in [-0.39, 0.29) is 4.90 Å². The molecule has 20 heavy (non-hydrogen) atoms. The highest BCUT2D eigenvalue weighted by molar-refractivity contribution is 7.89. The second kappa shape index (κ2) is 5.73. The highest BCUT2D eigenvalue weighted by Crippen LogP contribution is 2.28. The minimum Gasteiger partial charge on any atom is -0.398 e. The third-order valence-electron chi connectivity index (χ3n) is 3.04. The van der Waals surface area contributed by atoms with Gasteiger partial charge in [0.15, 0.2) is 0 Å². The Labute approximate surface area is 127 Å². The summed E-state index contributed by atoms with van der Waals surface area (Å²) in [7, 11) is -2.07. The standard InChI is InChI=1S/C13H15ClN2O2S2/c1-9-12(15)5-11(14)6-13(9)20(17,18)16(2)7-10-3-4-19-8-10/h3-6,8H,7,15H2,1-2H3. The maximum Gasteiger partial charge on any atom is 0.243 e. The number of hydrogen-bond donors (Lipinski definition) is 1. The predicted octanol–water partition coefficient (Wildman–Crippen LogP) is 3.11. The van der Waals surface area contributed by atoms with Gasteiger partial charge in [-0.25, -0.2) is 8.42 Å². The van der Waals surface area contributed by atoms with Crippen LogP contribution in [0.1, 0.15) is 11.1 Å². The number of benzene rings is 1. The normalized spacial score (nSPS) is 12.0. The Balaban J connectivity index is 2.40. The molecule has 0 radical (unpaired) electrons. The van der Waals surface area contributed by atoms with E-state index >= 15 is 0 Å². The zero-order chi connectivity index (χ0) is 14.9. The molecule has 0 aliphatic rings. The highest BCUT2D eigenvalue weighted by atomic mass is 35.5. The number of hydrogen-bond acceptors (Lipinski definition) is 4. The van der Waals surface area contributed by atoms with Crippen molar-refractivity contribution < 1.29 is 8.42 Å². The number of nitrogens with zero attached hydrogens (tertiary/aromatic N) is 1. The van der Waals surface area contributed by atoms with Gasteiger partial charge in [-0.15, -0.1) is 0 Å². The number of rotatable bonds is 4. The van der Waals surface area contributed by atoms with Crippen LogP contribution in [0, 0.1) is 6.92 Å². The van der Waals surface area contributed by atoms with E-state index in [1.165, 1.54) is 21.7 Å². The molecule has 2 N–H and O–H groups in total. The molecule has 1 aromatic heterocycles. The molecule has 0 aliphatic carbocycles. The Morgan fingerprint density at radius 2 is 2.10 bits per heavy atom. The van der Waals surface area contributed by atoms with E-state index in [1.807, 2.05) is 16.8 Å². The lowest BCUT2D eigenvalue weighted by atomic mass is 10.2. The lowest BCUT2D eigenvalue weighted by molar-refractivity contribution is 0.467. The maximum absolute atomic E-state index is 12.6. The summed E-state index contributed by atoms with van der Waals surface area (Å²) in [6.07, 6.45) is 0. The molecular weight excluding hydrogens is 316 g/mol.